The Bertz CT molecular complexity index is 430. The number of ether oxygens (including phenoxy) is 1. The van der Waals surface area contributed by atoms with E-state index in [4.69, 9.17) is 10.5 Å². The van der Waals surface area contributed by atoms with Gasteiger partial charge in [0.1, 0.15) is 11.6 Å². The Morgan fingerprint density at radius 3 is 2.83 bits per heavy atom. The first-order valence-electron chi connectivity index (χ1n) is 6.36. The van der Waals surface area contributed by atoms with E-state index in [2.05, 4.69) is 5.10 Å². The first kappa shape index (κ1) is 13.1. The van der Waals surface area contributed by atoms with E-state index in [-0.39, 0.29) is 5.97 Å². The van der Waals surface area contributed by atoms with Gasteiger partial charge in [-0.2, -0.15) is 5.10 Å². The average Bonchev–Trinajstić information content (AvgIpc) is 2.98. The van der Waals surface area contributed by atoms with Crippen molar-refractivity contribution in [1.29, 1.82) is 0 Å². The summed E-state index contributed by atoms with van der Waals surface area (Å²) in [5.74, 6) is 0.280. The van der Waals surface area contributed by atoms with E-state index in [9.17, 15) is 4.79 Å². The topological polar surface area (TPSA) is 70.1 Å². The minimum Gasteiger partial charge on any atom is -0.459 e. The van der Waals surface area contributed by atoms with Crippen LogP contribution in [0.15, 0.2) is 12.4 Å². The number of carbonyl (C=O) groups excluding carboxylic acids is 1. The van der Waals surface area contributed by atoms with Crippen molar-refractivity contribution in [2.45, 2.75) is 57.7 Å². The average molecular weight is 251 g/mol. The van der Waals surface area contributed by atoms with Gasteiger partial charge in [0.05, 0.1) is 12.7 Å². The third kappa shape index (κ3) is 3.57. The monoisotopic (exact) mass is 251 g/mol. The van der Waals surface area contributed by atoms with E-state index < -0.39 is 11.6 Å². The van der Waals surface area contributed by atoms with E-state index in [0.29, 0.717) is 12.5 Å². The van der Waals surface area contributed by atoms with Gasteiger partial charge in [0.25, 0.3) is 0 Å². The molecule has 0 spiro atoms. The van der Waals surface area contributed by atoms with Crippen molar-refractivity contribution < 1.29 is 9.53 Å². The summed E-state index contributed by atoms with van der Waals surface area (Å²) in [5.41, 5.74) is 6.56. The summed E-state index contributed by atoms with van der Waals surface area (Å²) in [5, 5.41) is 4.23. The first-order chi connectivity index (χ1) is 8.35. The maximum absolute atomic E-state index is 11.7. The van der Waals surface area contributed by atoms with Crippen LogP contribution in [0.5, 0.6) is 0 Å². The minimum atomic E-state index is -0.670. The molecule has 0 amide bonds. The van der Waals surface area contributed by atoms with Crippen LogP contribution < -0.4 is 5.73 Å². The van der Waals surface area contributed by atoms with E-state index in [0.717, 1.165) is 0 Å². The fraction of sp³-hybridized carbons (Fsp3) is 0.692. The molecule has 1 atom stereocenters. The molecule has 0 bridgehead atoms. The summed E-state index contributed by atoms with van der Waals surface area (Å²) in [7, 11) is 0. The molecule has 1 aliphatic carbocycles. The van der Waals surface area contributed by atoms with Crippen LogP contribution in [0.25, 0.3) is 0 Å². The summed E-state index contributed by atoms with van der Waals surface area (Å²) in [6.07, 6.45) is 6.31. The van der Waals surface area contributed by atoms with Crippen LogP contribution in [0.4, 0.5) is 0 Å². The molecule has 1 fully saturated rings. The number of hydrogen-bond acceptors (Lipinski definition) is 4. The lowest BCUT2D eigenvalue weighted by Gasteiger charge is -2.22. The van der Waals surface area contributed by atoms with Crippen molar-refractivity contribution in [3.05, 3.63) is 18.0 Å². The van der Waals surface area contributed by atoms with Crippen molar-refractivity contribution in [2.24, 2.45) is 5.73 Å². The Hall–Kier alpha value is -1.36. The molecule has 100 valence electrons. The number of hydrogen-bond donors (Lipinski definition) is 1. The lowest BCUT2D eigenvalue weighted by Crippen LogP contribution is -2.40. The second-order valence-electron chi connectivity index (χ2n) is 5.91. The van der Waals surface area contributed by atoms with Crippen molar-refractivity contribution >= 4 is 5.97 Å². The second kappa shape index (κ2) is 4.72. The summed E-state index contributed by atoms with van der Waals surface area (Å²) in [6.45, 7) is 5.85. The van der Waals surface area contributed by atoms with Gasteiger partial charge in [-0.05, 0) is 45.1 Å². The molecule has 0 radical (unpaired) electrons. The van der Waals surface area contributed by atoms with Crippen LogP contribution in [-0.4, -0.2) is 27.4 Å². The number of nitrogens with zero attached hydrogens (tertiary/aromatic N) is 2. The highest BCUT2D eigenvalue weighted by molar-refractivity contribution is 5.75. The van der Waals surface area contributed by atoms with Crippen LogP contribution in [0.2, 0.25) is 0 Å². The third-order valence-corrected chi connectivity index (χ3v) is 2.80. The smallest absolute Gasteiger partial charge is 0.325 e. The number of esters is 1. The molecule has 5 nitrogen and oxygen atoms in total. The normalized spacial score (nSPS) is 17.6. The maximum atomic E-state index is 11.7. The molecular weight excluding hydrogens is 230 g/mol. The van der Waals surface area contributed by atoms with Crippen molar-refractivity contribution in [1.82, 2.24) is 9.78 Å². The molecule has 0 saturated heterocycles. The summed E-state index contributed by atoms with van der Waals surface area (Å²) in [4.78, 5) is 11.7. The molecule has 2 N–H and O–H groups in total. The van der Waals surface area contributed by atoms with Gasteiger partial charge in [0, 0.05) is 6.20 Å². The summed E-state index contributed by atoms with van der Waals surface area (Å²) < 4.78 is 6.96. The van der Waals surface area contributed by atoms with Gasteiger partial charge < -0.3 is 10.5 Å². The van der Waals surface area contributed by atoms with Crippen LogP contribution in [-0.2, 0) is 16.1 Å². The van der Waals surface area contributed by atoms with Gasteiger partial charge >= 0.3 is 5.97 Å². The zero-order valence-corrected chi connectivity index (χ0v) is 11.2. The molecule has 0 aliphatic heterocycles. The fourth-order valence-corrected chi connectivity index (χ4v) is 1.76. The van der Waals surface area contributed by atoms with Gasteiger partial charge in [-0.3, -0.25) is 9.48 Å². The highest BCUT2D eigenvalue weighted by Gasteiger charge is 2.26. The zero-order valence-electron chi connectivity index (χ0n) is 11.2. The third-order valence-electron chi connectivity index (χ3n) is 2.80. The Labute approximate surface area is 107 Å². The number of aromatic nitrogens is 2. The summed E-state index contributed by atoms with van der Waals surface area (Å²) in [6, 6.07) is -0.670. The van der Waals surface area contributed by atoms with Crippen LogP contribution >= 0.6 is 0 Å². The minimum absolute atomic E-state index is 0.363. The van der Waals surface area contributed by atoms with Crippen LogP contribution in [0.3, 0.4) is 0 Å². The van der Waals surface area contributed by atoms with Crippen molar-refractivity contribution in [3.63, 3.8) is 0 Å². The molecule has 1 aliphatic rings. The van der Waals surface area contributed by atoms with Crippen molar-refractivity contribution in [2.75, 3.05) is 0 Å². The largest absolute Gasteiger partial charge is 0.459 e. The van der Waals surface area contributed by atoms with E-state index in [1.807, 2.05) is 33.2 Å². The fourth-order valence-electron chi connectivity index (χ4n) is 1.76. The van der Waals surface area contributed by atoms with E-state index >= 15 is 0 Å². The Balaban J connectivity index is 1.89. The number of rotatable bonds is 4. The Morgan fingerprint density at radius 2 is 2.28 bits per heavy atom. The molecule has 1 unspecified atom stereocenters. The maximum Gasteiger partial charge on any atom is 0.325 e. The van der Waals surface area contributed by atoms with Gasteiger partial charge in [0.15, 0.2) is 0 Å². The molecule has 1 aromatic rings. The van der Waals surface area contributed by atoms with Crippen LogP contribution in [0.1, 0.15) is 45.1 Å². The van der Waals surface area contributed by atoms with E-state index in [1.165, 1.54) is 18.4 Å². The predicted molar refractivity (Wildman–Crippen MR) is 68.0 cm³/mol. The molecule has 0 aromatic carbocycles. The summed E-state index contributed by atoms with van der Waals surface area (Å²) >= 11 is 0. The second-order valence-corrected chi connectivity index (χ2v) is 5.91. The quantitative estimate of drug-likeness (QED) is 0.822. The number of carbonyl (C=O) groups is 1. The molecule has 1 heterocycles. The number of nitrogens with two attached hydrogens (primary N) is 1. The standard InChI is InChI=1S/C13H21N3O2/c1-13(2,3)18-12(17)11(14)8-16-7-10(6-15-16)9-4-5-9/h6-7,9,11H,4-5,8,14H2,1-3H3. The SMILES string of the molecule is CC(C)(C)OC(=O)C(N)Cn1cc(C2CC2)cn1. The highest BCUT2D eigenvalue weighted by Crippen LogP contribution is 2.39. The molecule has 5 heteroatoms. The van der Waals surface area contributed by atoms with Gasteiger partial charge in [-0.15, -0.1) is 0 Å². The van der Waals surface area contributed by atoms with Crippen LogP contribution in [0, 0.1) is 0 Å². The first-order valence-corrected chi connectivity index (χ1v) is 6.36. The Morgan fingerprint density at radius 1 is 1.61 bits per heavy atom. The molecule has 18 heavy (non-hydrogen) atoms. The lowest BCUT2D eigenvalue weighted by atomic mass is 10.2. The van der Waals surface area contributed by atoms with Gasteiger partial charge in [0.2, 0.25) is 0 Å². The molecule has 1 aromatic heterocycles. The lowest BCUT2D eigenvalue weighted by molar-refractivity contribution is -0.156. The van der Waals surface area contributed by atoms with Crippen molar-refractivity contribution in [3.8, 4) is 0 Å². The molecule has 1 saturated carbocycles. The van der Waals surface area contributed by atoms with Gasteiger partial charge in [-0.25, -0.2) is 0 Å². The van der Waals surface area contributed by atoms with Gasteiger partial charge in [-0.1, -0.05) is 0 Å². The highest BCUT2D eigenvalue weighted by atomic mass is 16.6. The molecule has 2 rings (SSSR count). The Kier molecular flexibility index (Phi) is 3.43. The molecular formula is C13H21N3O2. The van der Waals surface area contributed by atoms with E-state index in [1.54, 1.807) is 4.68 Å². The predicted octanol–water partition coefficient (Wildman–Crippen LogP) is 1.43. The zero-order chi connectivity index (χ0) is 13.3.